The molecule has 47 heavy (non-hydrogen) atoms. The van der Waals surface area contributed by atoms with Crippen molar-refractivity contribution in [1.82, 2.24) is 0 Å². The predicted molar refractivity (Wildman–Crippen MR) is 144 cm³/mol. The minimum Gasteiger partial charge on any atom is -0.472 e. The fourth-order valence-corrected chi connectivity index (χ4v) is 6.31. The normalized spacial score (nSPS) is 51.7. The van der Waals surface area contributed by atoms with Crippen molar-refractivity contribution in [2.75, 3.05) is 26.4 Å². The van der Waals surface area contributed by atoms with Gasteiger partial charge in [0.2, 0.25) is 6.29 Å². The molecule has 3 saturated heterocycles. The molecule has 13 N–H and O–H groups in total. The Labute approximate surface area is 266 Å². The Hall–Kier alpha value is -1.48. The summed E-state index contributed by atoms with van der Waals surface area (Å²) in [6.07, 6.45) is -25.2. The Morgan fingerprint density at radius 1 is 0.596 bits per heavy atom. The van der Waals surface area contributed by atoms with Gasteiger partial charge in [0, 0.05) is 0 Å². The van der Waals surface area contributed by atoms with Crippen LogP contribution in [0.4, 0.5) is 0 Å². The van der Waals surface area contributed by atoms with E-state index in [1.54, 1.807) is 0 Å². The maximum atomic E-state index is 11.2. The lowest BCUT2D eigenvalue weighted by molar-refractivity contribution is -0.366. The van der Waals surface area contributed by atoms with E-state index in [0.29, 0.717) is 0 Å². The summed E-state index contributed by atoms with van der Waals surface area (Å²) in [5.41, 5.74) is -1.88. The molecule has 270 valence electrons. The summed E-state index contributed by atoms with van der Waals surface area (Å²) in [6, 6.07) is 0. The molecule has 0 bridgehead atoms. The number of hydrogen-bond acceptors (Lipinski definition) is 20. The summed E-state index contributed by atoms with van der Waals surface area (Å²) in [6.45, 7) is -2.82. The lowest BCUT2D eigenvalue weighted by Crippen LogP contribution is -2.64. The van der Waals surface area contributed by atoms with E-state index in [0.717, 1.165) is 6.26 Å². The van der Waals surface area contributed by atoms with Gasteiger partial charge >= 0.3 is 0 Å². The number of fused-ring (bicyclic) bond motifs is 1. The van der Waals surface area contributed by atoms with Crippen LogP contribution in [0.3, 0.4) is 0 Å². The number of rotatable bonds is 10. The standard InChI is InChI=1S/C27H42O20/c28-4-8-3-12(31)27(1-2-41-23(13(8)27)46-25-21(39)18(36)15(33)10(6-30)44-25)47-26-22(40)19(37)16(34)11(45-26)7-42-24-20(38)17(35)14(32)9(5-29)43-24/h1-3,9-26,28-40H,4-7H2. The van der Waals surface area contributed by atoms with Crippen LogP contribution in [0.2, 0.25) is 0 Å². The van der Waals surface area contributed by atoms with Crippen LogP contribution in [0.25, 0.3) is 0 Å². The average molecular weight is 687 g/mol. The third-order valence-corrected chi connectivity index (χ3v) is 9.09. The van der Waals surface area contributed by atoms with E-state index >= 15 is 0 Å². The van der Waals surface area contributed by atoms with Crippen LogP contribution < -0.4 is 0 Å². The van der Waals surface area contributed by atoms with E-state index in [-0.39, 0.29) is 5.57 Å². The van der Waals surface area contributed by atoms with Gasteiger partial charge in [0.25, 0.3) is 0 Å². The summed E-state index contributed by atoms with van der Waals surface area (Å²) in [5, 5.41) is 133. The molecule has 19 unspecified atom stereocenters. The molecule has 5 aliphatic rings. The van der Waals surface area contributed by atoms with E-state index in [1.807, 2.05) is 0 Å². The molecule has 19 atom stereocenters. The molecular weight excluding hydrogens is 644 g/mol. The zero-order valence-corrected chi connectivity index (χ0v) is 24.6. The van der Waals surface area contributed by atoms with Crippen molar-refractivity contribution in [3.05, 3.63) is 24.0 Å². The molecule has 0 saturated carbocycles. The first-order valence-corrected chi connectivity index (χ1v) is 14.9. The van der Waals surface area contributed by atoms with Crippen LogP contribution in [0.15, 0.2) is 24.0 Å². The Balaban J connectivity index is 1.33. The molecule has 20 heteroatoms. The van der Waals surface area contributed by atoms with Gasteiger partial charge in [-0.2, -0.15) is 0 Å². The van der Waals surface area contributed by atoms with Crippen molar-refractivity contribution in [2.24, 2.45) is 5.92 Å². The van der Waals surface area contributed by atoms with E-state index in [9.17, 15) is 66.4 Å². The Kier molecular flexibility index (Phi) is 11.6. The smallest absolute Gasteiger partial charge is 0.211 e. The van der Waals surface area contributed by atoms with Gasteiger partial charge in [-0.25, -0.2) is 0 Å². The van der Waals surface area contributed by atoms with Crippen molar-refractivity contribution in [3.8, 4) is 0 Å². The van der Waals surface area contributed by atoms with Gasteiger partial charge < -0.3 is 99.5 Å². The van der Waals surface area contributed by atoms with Crippen LogP contribution in [0, 0.1) is 5.92 Å². The molecule has 0 radical (unpaired) electrons. The second-order valence-electron chi connectivity index (χ2n) is 12.0. The Morgan fingerprint density at radius 3 is 1.68 bits per heavy atom. The van der Waals surface area contributed by atoms with Crippen LogP contribution in [-0.2, 0) is 33.2 Å². The van der Waals surface area contributed by atoms with Crippen molar-refractivity contribution in [2.45, 2.75) is 110 Å². The van der Waals surface area contributed by atoms with Crippen LogP contribution in [0.5, 0.6) is 0 Å². The first kappa shape index (κ1) is 36.8. The minimum absolute atomic E-state index is 0.0878. The van der Waals surface area contributed by atoms with Gasteiger partial charge in [-0.3, -0.25) is 0 Å². The highest BCUT2D eigenvalue weighted by Gasteiger charge is 2.60. The van der Waals surface area contributed by atoms with E-state index in [1.165, 1.54) is 12.2 Å². The zero-order valence-electron chi connectivity index (χ0n) is 24.6. The summed E-state index contributed by atoms with van der Waals surface area (Å²) >= 11 is 0. The Morgan fingerprint density at radius 2 is 1.11 bits per heavy atom. The van der Waals surface area contributed by atoms with E-state index < -0.39 is 142 Å². The first-order valence-electron chi connectivity index (χ1n) is 14.9. The topological polar surface area (TPSA) is 328 Å². The second kappa shape index (κ2) is 14.8. The third-order valence-electron chi connectivity index (χ3n) is 9.09. The Bertz CT molecular complexity index is 1110. The highest BCUT2D eigenvalue weighted by atomic mass is 16.8. The SMILES string of the molecule is OCC1=CC(O)C2(OC3OC(COC4OC(CO)C(O)C(O)C4O)C(O)C(O)C3O)C=COC(OC3OC(CO)C(O)C(O)C3O)C12. The molecule has 4 aliphatic heterocycles. The molecule has 0 amide bonds. The van der Waals surface area contributed by atoms with Crippen LogP contribution in [-0.4, -0.2) is 203 Å². The average Bonchev–Trinajstić information content (AvgIpc) is 3.35. The number of aliphatic hydroxyl groups is 13. The molecule has 0 aromatic heterocycles. The number of aliphatic hydroxyl groups excluding tert-OH is 13. The number of ether oxygens (including phenoxy) is 7. The van der Waals surface area contributed by atoms with Crippen molar-refractivity contribution in [3.63, 3.8) is 0 Å². The quantitative estimate of drug-likeness (QED) is 0.0949. The van der Waals surface area contributed by atoms with E-state index in [2.05, 4.69) is 0 Å². The maximum Gasteiger partial charge on any atom is 0.211 e. The fourth-order valence-electron chi connectivity index (χ4n) is 6.31. The fraction of sp³-hybridized carbons (Fsp3) is 0.852. The summed E-state index contributed by atoms with van der Waals surface area (Å²) in [5.74, 6) is -1.27. The molecule has 20 nitrogen and oxygen atoms in total. The zero-order chi connectivity index (χ0) is 34.4. The molecule has 1 aliphatic carbocycles. The van der Waals surface area contributed by atoms with Gasteiger partial charge in [-0.15, -0.1) is 0 Å². The molecular formula is C27H42O20. The van der Waals surface area contributed by atoms with Gasteiger partial charge in [0.15, 0.2) is 18.9 Å². The van der Waals surface area contributed by atoms with E-state index in [4.69, 9.17) is 33.2 Å². The second-order valence-corrected chi connectivity index (χ2v) is 12.0. The first-order chi connectivity index (χ1) is 22.3. The lowest BCUT2D eigenvalue weighted by Gasteiger charge is -2.49. The number of hydrogen-bond donors (Lipinski definition) is 13. The highest BCUT2D eigenvalue weighted by molar-refractivity contribution is 5.34. The van der Waals surface area contributed by atoms with Gasteiger partial charge in [-0.1, -0.05) is 6.08 Å². The monoisotopic (exact) mass is 686 g/mol. The molecule has 0 aromatic carbocycles. The molecule has 0 aromatic rings. The highest BCUT2D eigenvalue weighted by Crippen LogP contribution is 2.48. The molecule has 5 rings (SSSR count). The van der Waals surface area contributed by atoms with Crippen LogP contribution in [0.1, 0.15) is 0 Å². The van der Waals surface area contributed by atoms with Gasteiger partial charge in [-0.05, 0) is 11.6 Å². The van der Waals surface area contributed by atoms with Gasteiger partial charge in [0.05, 0.1) is 38.6 Å². The summed E-state index contributed by atoms with van der Waals surface area (Å²) in [7, 11) is 0. The predicted octanol–water partition coefficient (Wildman–Crippen LogP) is -8.04. The van der Waals surface area contributed by atoms with Crippen molar-refractivity contribution in [1.29, 1.82) is 0 Å². The molecule has 3 fully saturated rings. The minimum atomic E-state index is -1.97. The van der Waals surface area contributed by atoms with Crippen molar-refractivity contribution < 1.29 is 99.5 Å². The summed E-state index contributed by atoms with van der Waals surface area (Å²) in [4.78, 5) is 0. The van der Waals surface area contributed by atoms with Crippen LogP contribution >= 0.6 is 0 Å². The lowest BCUT2D eigenvalue weighted by atomic mass is 9.82. The maximum absolute atomic E-state index is 11.2. The molecule has 0 spiro atoms. The third kappa shape index (κ3) is 6.71. The largest absolute Gasteiger partial charge is 0.472 e. The summed E-state index contributed by atoms with van der Waals surface area (Å²) < 4.78 is 39.2. The molecule has 4 heterocycles. The van der Waals surface area contributed by atoms with Gasteiger partial charge in [0.1, 0.15) is 85.0 Å². The van der Waals surface area contributed by atoms with Crippen molar-refractivity contribution >= 4 is 0 Å².